The van der Waals surface area contributed by atoms with E-state index in [4.69, 9.17) is 549 Å². The average molecular weight is 1510 g/mol. The van der Waals surface area contributed by atoms with Gasteiger partial charge < -0.3 is 0 Å². The van der Waals surface area contributed by atoms with Crippen LogP contribution in [0.1, 0.15) is 0 Å². The lowest BCUT2D eigenvalue weighted by Crippen LogP contribution is -3.03. The Morgan fingerprint density at radius 3 is 0.136 bits per heavy atom. The molecule has 0 rings (SSSR count). The molecule has 140 heteroatoms. The first-order valence-corrected chi connectivity index (χ1v) is 46.3. The molecule has 0 heterocycles. The Hall–Kier alpha value is 9.09. The van der Waals surface area contributed by atoms with Gasteiger partial charge >= 0.3 is 0 Å². The van der Waals surface area contributed by atoms with Gasteiger partial charge in [-0.25, -0.2) is 0 Å². The van der Waals surface area contributed by atoms with Crippen molar-refractivity contribution in [1.29, 1.82) is 0 Å². The Kier molecular flexibility index (Phi) is 73.1. The maximum absolute atomic E-state index is 8.13. The smallest absolute Gasteiger partial charge is 0 e. The number of rotatable bonds is 68. The fourth-order valence-corrected chi connectivity index (χ4v) is 25.7. The van der Waals surface area contributed by atoms with Crippen molar-refractivity contribution in [2.45, 2.75) is 0 Å². The minimum absolute atomic E-state index is 2.13. The lowest BCUT2D eigenvalue weighted by atomic mass is 8.16. The molecule has 420 valence electrons. The molecule has 0 bridgehead atoms. The molecule has 0 aliphatic heterocycles. The van der Waals surface area contributed by atoms with E-state index >= 15 is 0 Å². The van der Waals surface area contributed by atoms with Gasteiger partial charge in [-0.3, -0.25) is 0 Å². The number of hydrogen-bond donors (Lipinski definition) is 0. The van der Waals surface area contributed by atoms with Crippen LogP contribution in [0.4, 0.5) is 0 Å². The highest BCUT2D eigenvalue weighted by molar-refractivity contribution is 8.48. The van der Waals surface area contributed by atoms with Crippen LogP contribution >= 0.6 is 0 Å². The zero-order valence-corrected chi connectivity index (χ0v) is 80.8. The molecule has 0 nitrogen and oxygen atoms in total. The molecule has 0 atom stereocenters. The first kappa shape index (κ1) is 149. The van der Waals surface area contributed by atoms with E-state index in [1.54, 1.807) is 0 Å². The predicted molar refractivity (Wildman–Crippen MR) is 806 cm³/mol. The summed E-state index contributed by atoms with van der Waals surface area (Å²) in [7, 11) is 535. The van der Waals surface area contributed by atoms with Gasteiger partial charge in [0.05, 0.1) is 0 Å². The summed E-state index contributed by atoms with van der Waals surface area (Å²) < 4.78 is 0. The Bertz CT molecular complexity index is 2470. The van der Waals surface area contributed by atoms with Crippen LogP contribution in [0, 0.1) is 0 Å². The van der Waals surface area contributed by atoms with Crippen LogP contribution in [-0.2, 0) is 0 Å². The third-order valence-electron chi connectivity index (χ3n) is 30.2. The predicted octanol–water partition coefficient (Wildman–Crippen LogP) is -53.3. The first-order chi connectivity index (χ1) is 63.7. The van der Waals surface area contributed by atoms with Crippen molar-refractivity contribution in [2.75, 3.05) is 0 Å². The van der Waals surface area contributed by atoms with Crippen molar-refractivity contribution >= 4 is 990 Å². The molecular weight excluding hydrogens is 1510 g/mol. The molecule has 0 aliphatic rings. The molecule has 0 aliphatic carbocycles. The minimum Gasteiger partial charge on any atom is 0 e. The van der Waals surface area contributed by atoms with Crippen LogP contribution in [0.2, 0.25) is 0 Å². The zero-order chi connectivity index (χ0) is 111. The van der Waals surface area contributed by atoms with Gasteiger partial charge in [0.15, 0.2) is 0 Å². The summed E-state index contributed by atoms with van der Waals surface area (Å²) >= 11 is 0. The molecule has 140 heavy (non-hydrogen) atoms. The van der Waals surface area contributed by atoms with Gasteiger partial charge in [0.25, 0.3) is 0 Å². The lowest BCUT2D eigenvalue weighted by molar-refractivity contribution is 3.10. The monoisotopic (exact) mass is 1540 g/mol. The third-order valence-corrected chi connectivity index (χ3v) is 30.2. The molecule has 0 amide bonds. The highest BCUT2D eigenvalue weighted by Crippen LogP contribution is 2.35. The summed E-state index contributed by atoms with van der Waals surface area (Å²) in [6, 6.07) is 0. The normalized spacial score (nSPS) is 9.89. The lowest BCUT2D eigenvalue weighted by Gasteiger charge is -2.65. The molecular formula is B140. The van der Waals surface area contributed by atoms with Gasteiger partial charge in [0.2, 0.25) is 0 Å². The van der Waals surface area contributed by atoms with Gasteiger partial charge in [-0.1, -0.05) is 0 Å². The van der Waals surface area contributed by atoms with Crippen LogP contribution in [0.5, 0.6) is 0 Å². The maximum Gasteiger partial charge on any atom is 0 e. The first-order valence-electron chi connectivity index (χ1n) is 46.3. The van der Waals surface area contributed by atoms with E-state index in [0.717, 1.165) is 0 Å². The molecule has 0 spiro atoms. The Morgan fingerprint density at radius 2 is 0.0857 bits per heavy atom. The van der Waals surface area contributed by atoms with E-state index in [1.807, 2.05) is 0 Å². The van der Waals surface area contributed by atoms with Gasteiger partial charge in [-0.2, -0.15) is 0 Å². The van der Waals surface area contributed by atoms with Crippen molar-refractivity contribution in [3.05, 3.63) is 0 Å². The zero-order valence-electron chi connectivity index (χ0n) is 80.8. The van der Waals surface area contributed by atoms with Crippen LogP contribution in [0.3, 0.4) is 0 Å². The van der Waals surface area contributed by atoms with E-state index in [2.05, 4.69) is 0 Å². The summed E-state index contributed by atoms with van der Waals surface area (Å²) in [5.41, 5.74) is 0. The molecule has 0 aromatic rings. The molecule has 0 saturated carbocycles. The van der Waals surface area contributed by atoms with E-state index in [-0.39, 0.29) is 0 Å². The maximum atomic E-state index is 8.13. The second kappa shape index (κ2) is 68.6. The summed E-state index contributed by atoms with van der Waals surface area (Å²) in [6.07, 6.45) is -159. The highest BCUT2D eigenvalue weighted by Gasteiger charge is 2.73. The van der Waals surface area contributed by atoms with Crippen LogP contribution in [0.25, 0.3) is 0 Å². The second-order valence-electron chi connectivity index (χ2n) is 39.8. The molecule has 142 radical (unpaired) electrons. The Labute approximate surface area is 979 Å². The highest BCUT2D eigenvalue weighted by atomic mass is 13.5. The summed E-state index contributed by atoms with van der Waals surface area (Å²) in [6.45, 7) is 0. The Balaban J connectivity index is 18.3. The molecule has 0 aromatic carbocycles. The van der Waals surface area contributed by atoms with Gasteiger partial charge in [-0.15, -0.1) is 0 Å². The largest absolute Gasteiger partial charge is 0 e. The summed E-state index contributed by atoms with van der Waals surface area (Å²) in [4.78, 5) is 0. The van der Waals surface area contributed by atoms with Crippen molar-refractivity contribution in [3.63, 3.8) is 0 Å². The van der Waals surface area contributed by atoms with E-state index in [1.165, 1.54) is 0 Å². The summed E-state index contributed by atoms with van der Waals surface area (Å²) in [5, 5.41) is 0. The standard InChI is InChI=1S/B140/c1-72(2)107(71)125(108(73(3)4)74(5)6)134(126(109(75(7)8)76(9)10)110(77(11)12)78(13)14)138(133(123(103(63)64)104(65)66)124(105(67)68)106(69)70)140(137(131(119(95(47)48)96(49)50)120(97(51)52)98(53)54)132(121(99(55)56)100(57)58)122(101(59)60)102(61)62)139(135(127(111(79(15)16)80(17)18)112(81(19)20)82(21)22)128(113(83(23)24)84(25)26)114(85(27)28)86(29)30)136(129(115(87(31)32)88(33)34)116(89(35)36)90(37)38)130(117(91(39)40)92(41)42)118(93(43)44)94(45)46. The summed E-state index contributed by atoms with van der Waals surface area (Å²) in [5.74, 6) is 0. The topological polar surface area (TPSA) is 0 Å². The van der Waals surface area contributed by atoms with Crippen molar-refractivity contribution < 1.29 is 0 Å². The van der Waals surface area contributed by atoms with Crippen LogP contribution in [-0.4, -0.2) is 990 Å². The number of hydrogen-bond acceptors (Lipinski definition) is 0. The van der Waals surface area contributed by atoms with Gasteiger partial charge in [0, 0.05) is 990 Å². The second-order valence-corrected chi connectivity index (χ2v) is 39.8. The molecule has 0 fully saturated rings. The molecule has 0 saturated heterocycles. The third kappa shape index (κ3) is 39.7. The van der Waals surface area contributed by atoms with Gasteiger partial charge in [0.1, 0.15) is 0 Å². The van der Waals surface area contributed by atoms with E-state index in [9.17, 15) is 0 Å². The van der Waals surface area contributed by atoms with E-state index in [0.29, 0.717) is 0 Å². The molecule has 0 aromatic heterocycles. The molecule has 0 N–H and O–H groups in total. The SMILES string of the molecule is [B]B([B])B([B])B(B(B([B])[B])B([B])[B])B(B(B(B([B])[B])B([B])[B])B(B([B])[B])B([B])[B])B(B(B(B([B])[B])B([B])[B])B(B([B])[B])B([B])[B])B(B(B(B(B([B])[B])B([B])[B])B(B([B])[B])B([B])[B])B(B(B([B])[B])B([B])[B])B(B([B])[B])B([B])[B])B(B(B(B(B([B])[B])B([B])[B])B(B([B])[B])B([B])[B])B(B(B([B])[B])B([B])[B])B(B([B])[B])B([B])[B])B(B(B(B([B])[B])B([B])[B])B(B([B])[B])B([B])[B])B(B(B([B])[B])B([B])[B])B(B([B])[B])B([B])[B]. The fraction of sp³-hybridized carbons (Fsp3) is 0. The van der Waals surface area contributed by atoms with Crippen molar-refractivity contribution in [3.8, 4) is 0 Å². The van der Waals surface area contributed by atoms with E-state index < -0.39 is 441 Å². The van der Waals surface area contributed by atoms with Crippen LogP contribution in [0.15, 0.2) is 0 Å². The van der Waals surface area contributed by atoms with Crippen molar-refractivity contribution in [1.82, 2.24) is 0 Å². The van der Waals surface area contributed by atoms with Crippen LogP contribution < -0.4 is 0 Å². The quantitative estimate of drug-likeness (QED) is 0.0533. The fourth-order valence-electron chi connectivity index (χ4n) is 25.7. The van der Waals surface area contributed by atoms with Gasteiger partial charge in [-0.05, 0) is 0 Å². The average Bonchev–Trinajstić information content (AvgIpc) is 0.695. The molecule has 0 unspecified atom stereocenters. The van der Waals surface area contributed by atoms with Crippen molar-refractivity contribution in [2.24, 2.45) is 0 Å². The Morgan fingerprint density at radius 1 is 0.0429 bits per heavy atom. The minimum atomic E-state index is -3.02.